The van der Waals surface area contributed by atoms with Gasteiger partial charge in [-0.3, -0.25) is 14.6 Å². The predicted octanol–water partition coefficient (Wildman–Crippen LogP) is 1.99. The van der Waals surface area contributed by atoms with Gasteiger partial charge in [0.2, 0.25) is 0 Å². The van der Waals surface area contributed by atoms with Gasteiger partial charge in [-0.2, -0.15) is 5.10 Å². The van der Waals surface area contributed by atoms with Crippen molar-refractivity contribution >= 4 is 12.2 Å². The van der Waals surface area contributed by atoms with Crippen LogP contribution < -0.4 is 0 Å². The number of H-pyrrole nitrogens is 1. The molecule has 0 unspecified atom stereocenters. The second-order valence-corrected chi connectivity index (χ2v) is 6.03. The van der Waals surface area contributed by atoms with E-state index in [9.17, 15) is 0 Å². The number of aromatic amines is 1. The molecule has 0 bridgehead atoms. The Morgan fingerprint density at radius 2 is 1.90 bits per heavy atom. The maximum Gasteiger partial charge on any atom is 0.199 e. The number of aromatic nitrogens is 3. The van der Waals surface area contributed by atoms with Crippen molar-refractivity contribution in [3.63, 3.8) is 0 Å². The number of aryl methyl sites for hydroxylation is 1. The van der Waals surface area contributed by atoms with Crippen LogP contribution in [0.2, 0.25) is 0 Å². The Morgan fingerprint density at radius 3 is 2.62 bits per heavy atom. The standard InChI is InChI=1S/C15H21N5S/c1-12-5-3-4-6-13(12)20-14(16-17-15(20)21)11-19-9-7-18(2)8-10-19/h3-6H,7-11H2,1-2H3,(H,17,21). The summed E-state index contributed by atoms with van der Waals surface area (Å²) in [6.07, 6.45) is 0. The molecule has 1 N–H and O–H groups in total. The van der Waals surface area contributed by atoms with Crippen molar-refractivity contribution in [3.8, 4) is 5.69 Å². The first-order chi connectivity index (χ1) is 10.1. The van der Waals surface area contributed by atoms with Crippen molar-refractivity contribution in [3.05, 3.63) is 40.4 Å². The zero-order chi connectivity index (χ0) is 14.8. The summed E-state index contributed by atoms with van der Waals surface area (Å²) in [5.74, 6) is 0.985. The van der Waals surface area contributed by atoms with Gasteiger partial charge in [-0.25, -0.2) is 0 Å². The average Bonchev–Trinajstić information content (AvgIpc) is 2.83. The zero-order valence-electron chi connectivity index (χ0n) is 12.5. The lowest BCUT2D eigenvalue weighted by Crippen LogP contribution is -2.44. The van der Waals surface area contributed by atoms with Gasteiger partial charge >= 0.3 is 0 Å². The molecule has 0 spiro atoms. The van der Waals surface area contributed by atoms with Crippen molar-refractivity contribution in [2.45, 2.75) is 13.5 Å². The maximum absolute atomic E-state index is 5.42. The third kappa shape index (κ3) is 3.07. The summed E-state index contributed by atoms with van der Waals surface area (Å²) in [5.41, 5.74) is 2.31. The van der Waals surface area contributed by atoms with Crippen molar-refractivity contribution < 1.29 is 0 Å². The van der Waals surface area contributed by atoms with Crippen LogP contribution in [-0.4, -0.2) is 57.8 Å². The largest absolute Gasteiger partial charge is 0.304 e. The third-order valence-corrected chi connectivity index (χ3v) is 4.33. The van der Waals surface area contributed by atoms with Crippen molar-refractivity contribution in [1.82, 2.24) is 24.6 Å². The zero-order valence-corrected chi connectivity index (χ0v) is 13.4. The Kier molecular flexibility index (Phi) is 4.19. The van der Waals surface area contributed by atoms with Crippen LogP contribution in [0, 0.1) is 11.7 Å². The molecule has 0 amide bonds. The Morgan fingerprint density at radius 1 is 1.19 bits per heavy atom. The quantitative estimate of drug-likeness (QED) is 0.880. The first-order valence-corrected chi connectivity index (χ1v) is 7.69. The highest BCUT2D eigenvalue weighted by molar-refractivity contribution is 7.71. The molecule has 0 radical (unpaired) electrons. The number of rotatable bonds is 3. The molecule has 112 valence electrons. The maximum atomic E-state index is 5.42. The molecule has 0 saturated carbocycles. The van der Waals surface area contributed by atoms with E-state index in [1.807, 2.05) is 12.1 Å². The highest BCUT2D eigenvalue weighted by atomic mass is 32.1. The summed E-state index contributed by atoms with van der Waals surface area (Å²) in [4.78, 5) is 4.79. The second kappa shape index (κ2) is 6.09. The summed E-state index contributed by atoms with van der Waals surface area (Å²) < 4.78 is 2.72. The van der Waals surface area contributed by atoms with Crippen molar-refractivity contribution in [2.24, 2.45) is 0 Å². The first kappa shape index (κ1) is 14.4. The second-order valence-electron chi connectivity index (χ2n) is 5.65. The Bertz CT molecular complexity index is 667. The van der Waals surface area contributed by atoms with Crippen molar-refractivity contribution in [1.29, 1.82) is 0 Å². The highest BCUT2D eigenvalue weighted by Crippen LogP contribution is 2.17. The molecule has 0 atom stereocenters. The Hall–Kier alpha value is -1.50. The van der Waals surface area contributed by atoms with Crippen LogP contribution in [0.1, 0.15) is 11.4 Å². The number of para-hydroxylation sites is 1. The van der Waals surface area contributed by atoms with E-state index in [2.05, 4.69) is 50.7 Å². The van der Waals surface area contributed by atoms with E-state index in [0.717, 1.165) is 44.2 Å². The molecule has 1 saturated heterocycles. The number of nitrogens with one attached hydrogen (secondary N) is 1. The van der Waals surface area contributed by atoms with Crippen LogP contribution in [0.15, 0.2) is 24.3 Å². The number of benzene rings is 1. The lowest BCUT2D eigenvalue weighted by atomic mass is 10.2. The van der Waals surface area contributed by atoms with Gasteiger partial charge in [-0.1, -0.05) is 18.2 Å². The minimum Gasteiger partial charge on any atom is -0.304 e. The summed E-state index contributed by atoms with van der Waals surface area (Å²) in [6.45, 7) is 7.29. The summed E-state index contributed by atoms with van der Waals surface area (Å²) >= 11 is 5.42. The van der Waals surface area contributed by atoms with Gasteiger partial charge in [0.1, 0.15) is 5.82 Å². The van der Waals surface area contributed by atoms with Crippen LogP contribution in [-0.2, 0) is 6.54 Å². The van der Waals surface area contributed by atoms with Crippen molar-refractivity contribution in [2.75, 3.05) is 33.2 Å². The number of nitrogens with zero attached hydrogens (tertiary/aromatic N) is 4. The highest BCUT2D eigenvalue weighted by Gasteiger charge is 2.18. The number of hydrogen-bond acceptors (Lipinski definition) is 4. The van der Waals surface area contributed by atoms with Gasteiger partial charge in [-0.05, 0) is 37.8 Å². The summed E-state index contributed by atoms with van der Waals surface area (Å²) in [7, 11) is 2.17. The minimum atomic E-state index is 0.661. The molecule has 6 heteroatoms. The van der Waals surface area contributed by atoms with E-state index >= 15 is 0 Å². The molecule has 1 aliphatic heterocycles. The third-order valence-electron chi connectivity index (χ3n) is 4.06. The fourth-order valence-corrected chi connectivity index (χ4v) is 2.95. The van der Waals surface area contributed by atoms with E-state index in [-0.39, 0.29) is 0 Å². The molecule has 1 fully saturated rings. The fraction of sp³-hybridized carbons (Fsp3) is 0.467. The summed E-state index contributed by atoms with van der Waals surface area (Å²) in [6, 6.07) is 8.28. The smallest absolute Gasteiger partial charge is 0.199 e. The van der Waals surface area contributed by atoms with Crippen LogP contribution in [0.4, 0.5) is 0 Å². The number of piperazine rings is 1. The van der Waals surface area contributed by atoms with E-state index in [4.69, 9.17) is 12.2 Å². The molecule has 2 heterocycles. The Balaban J connectivity index is 1.88. The van der Waals surface area contributed by atoms with Gasteiger partial charge in [0.05, 0.1) is 12.2 Å². The van der Waals surface area contributed by atoms with Crippen LogP contribution in [0.5, 0.6) is 0 Å². The fourth-order valence-electron chi connectivity index (χ4n) is 2.70. The van der Waals surface area contributed by atoms with Crippen LogP contribution in [0.25, 0.3) is 5.69 Å². The average molecular weight is 303 g/mol. The van der Waals surface area contributed by atoms with E-state index in [1.165, 1.54) is 5.56 Å². The molecular weight excluding hydrogens is 282 g/mol. The Labute approximate surface area is 130 Å². The number of likely N-dealkylation sites (N-methyl/N-ethyl adjacent to an activating group) is 1. The lowest BCUT2D eigenvalue weighted by Gasteiger charge is -2.32. The molecule has 21 heavy (non-hydrogen) atoms. The molecule has 2 aromatic rings. The molecular formula is C15H21N5S. The monoisotopic (exact) mass is 303 g/mol. The first-order valence-electron chi connectivity index (χ1n) is 7.28. The molecule has 3 rings (SSSR count). The lowest BCUT2D eigenvalue weighted by molar-refractivity contribution is 0.145. The van der Waals surface area contributed by atoms with E-state index in [1.54, 1.807) is 0 Å². The molecule has 1 aromatic heterocycles. The van der Waals surface area contributed by atoms with E-state index < -0.39 is 0 Å². The van der Waals surface area contributed by atoms with Gasteiger partial charge in [-0.15, -0.1) is 0 Å². The molecule has 5 nitrogen and oxygen atoms in total. The van der Waals surface area contributed by atoms with E-state index in [0.29, 0.717) is 4.77 Å². The molecule has 0 aliphatic carbocycles. The van der Waals surface area contributed by atoms with Gasteiger partial charge in [0.25, 0.3) is 0 Å². The number of hydrogen-bond donors (Lipinski definition) is 1. The van der Waals surface area contributed by atoms with Gasteiger partial charge in [0, 0.05) is 26.2 Å². The predicted molar refractivity (Wildman–Crippen MR) is 86.3 cm³/mol. The van der Waals surface area contributed by atoms with Gasteiger partial charge < -0.3 is 4.90 Å². The minimum absolute atomic E-state index is 0.661. The molecule has 1 aromatic carbocycles. The molecule has 1 aliphatic rings. The van der Waals surface area contributed by atoms with Gasteiger partial charge in [0.15, 0.2) is 4.77 Å². The van der Waals surface area contributed by atoms with Crippen LogP contribution >= 0.6 is 12.2 Å². The normalized spacial score (nSPS) is 17.2. The SMILES string of the molecule is Cc1ccccc1-n1c(CN2CCN(C)CC2)n[nH]c1=S. The topological polar surface area (TPSA) is 40.1 Å². The van der Waals surface area contributed by atoms with Crippen LogP contribution in [0.3, 0.4) is 0 Å². The summed E-state index contributed by atoms with van der Waals surface area (Å²) in [5, 5.41) is 7.38.